The van der Waals surface area contributed by atoms with Crippen LogP contribution in [0.4, 0.5) is 0 Å². The fraction of sp³-hybridized carbons (Fsp3) is 0.750. The Labute approximate surface area is 97.0 Å². The fourth-order valence-corrected chi connectivity index (χ4v) is 2.11. The molecule has 1 aliphatic heterocycles. The van der Waals surface area contributed by atoms with Crippen molar-refractivity contribution in [1.82, 2.24) is 15.1 Å². The van der Waals surface area contributed by atoms with Gasteiger partial charge in [-0.1, -0.05) is 0 Å². The number of aryl methyl sites for hydroxylation is 1. The molecule has 0 radical (unpaired) electrons. The van der Waals surface area contributed by atoms with E-state index in [1.54, 1.807) is 0 Å². The Morgan fingerprint density at radius 2 is 2.25 bits per heavy atom. The predicted octanol–water partition coefficient (Wildman–Crippen LogP) is 1.12. The lowest BCUT2D eigenvalue weighted by Gasteiger charge is -2.34. The maximum absolute atomic E-state index is 5.38. The number of hydrogen-bond donors (Lipinski definition) is 1. The molecular formula is C12H21N3O. The van der Waals surface area contributed by atoms with Crippen LogP contribution in [0.1, 0.15) is 25.3 Å². The standard InChI is InChI=1S/C12H21N3O/c1-12(4-7-16-8-5-12)13-6-3-11-9-14-15(2)10-11/h9-10,13H,3-8H2,1-2H3. The van der Waals surface area contributed by atoms with Crippen LogP contribution >= 0.6 is 0 Å². The normalized spacial score (nSPS) is 19.9. The van der Waals surface area contributed by atoms with Gasteiger partial charge in [0, 0.05) is 32.0 Å². The molecule has 4 heteroatoms. The number of nitrogens with one attached hydrogen (secondary N) is 1. The summed E-state index contributed by atoms with van der Waals surface area (Å²) in [5.74, 6) is 0. The topological polar surface area (TPSA) is 39.1 Å². The highest BCUT2D eigenvalue weighted by atomic mass is 16.5. The molecule has 0 amide bonds. The van der Waals surface area contributed by atoms with Gasteiger partial charge in [0.1, 0.15) is 0 Å². The summed E-state index contributed by atoms with van der Waals surface area (Å²) < 4.78 is 7.23. The Morgan fingerprint density at radius 3 is 2.88 bits per heavy atom. The minimum atomic E-state index is 0.264. The first kappa shape index (κ1) is 11.6. The van der Waals surface area contributed by atoms with Crippen LogP contribution in [-0.2, 0) is 18.2 Å². The van der Waals surface area contributed by atoms with Gasteiger partial charge >= 0.3 is 0 Å². The van der Waals surface area contributed by atoms with Gasteiger partial charge in [0.2, 0.25) is 0 Å². The minimum absolute atomic E-state index is 0.264. The van der Waals surface area contributed by atoms with E-state index in [0.29, 0.717) is 0 Å². The van der Waals surface area contributed by atoms with Crippen LogP contribution in [0.15, 0.2) is 12.4 Å². The average Bonchev–Trinajstić information content (AvgIpc) is 2.65. The molecule has 16 heavy (non-hydrogen) atoms. The second kappa shape index (κ2) is 4.97. The Bertz CT molecular complexity index is 329. The van der Waals surface area contributed by atoms with Crippen molar-refractivity contribution >= 4 is 0 Å². The third-order valence-electron chi connectivity index (χ3n) is 3.32. The number of nitrogens with zero attached hydrogens (tertiary/aromatic N) is 2. The summed E-state index contributed by atoms with van der Waals surface area (Å²) in [7, 11) is 1.96. The number of hydrogen-bond acceptors (Lipinski definition) is 3. The van der Waals surface area contributed by atoms with Gasteiger partial charge in [-0.2, -0.15) is 5.10 Å². The first-order valence-electron chi connectivity index (χ1n) is 5.98. The fourth-order valence-electron chi connectivity index (χ4n) is 2.11. The lowest BCUT2D eigenvalue weighted by molar-refractivity contribution is 0.0456. The van der Waals surface area contributed by atoms with E-state index in [0.717, 1.165) is 39.0 Å². The molecule has 0 unspecified atom stereocenters. The van der Waals surface area contributed by atoms with Crippen LogP contribution in [0.2, 0.25) is 0 Å². The first-order chi connectivity index (χ1) is 7.68. The molecule has 90 valence electrons. The van der Waals surface area contributed by atoms with Crippen LogP contribution in [0.5, 0.6) is 0 Å². The number of ether oxygens (including phenoxy) is 1. The second-order valence-electron chi connectivity index (χ2n) is 4.87. The van der Waals surface area contributed by atoms with Crippen molar-refractivity contribution in [3.8, 4) is 0 Å². The highest BCUT2D eigenvalue weighted by Crippen LogP contribution is 2.19. The lowest BCUT2D eigenvalue weighted by atomic mass is 9.92. The van der Waals surface area contributed by atoms with Crippen LogP contribution in [0.25, 0.3) is 0 Å². The molecule has 1 fully saturated rings. The summed E-state index contributed by atoms with van der Waals surface area (Å²) in [6.07, 6.45) is 7.28. The monoisotopic (exact) mass is 223 g/mol. The number of rotatable bonds is 4. The second-order valence-corrected chi connectivity index (χ2v) is 4.87. The van der Waals surface area contributed by atoms with Crippen molar-refractivity contribution in [2.24, 2.45) is 7.05 Å². The Balaban J connectivity index is 1.74. The smallest absolute Gasteiger partial charge is 0.0522 e. The molecular weight excluding hydrogens is 202 g/mol. The zero-order valence-electron chi connectivity index (χ0n) is 10.2. The average molecular weight is 223 g/mol. The molecule has 0 aliphatic carbocycles. The summed E-state index contributed by atoms with van der Waals surface area (Å²) in [5, 5.41) is 7.81. The Hall–Kier alpha value is -0.870. The summed E-state index contributed by atoms with van der Waals surface area (Å²) in [5.41, 5.74) is 1.56. The van der Waals surface area contributed by atoms with E-state index in [9.17, 15) is 0 Å². The summed E-state index contributed by atoms with van der Waals surface area (Å²) >= 11 is 0. The summed E-state index contributed by atoms with van der Waals surface area (Å²) in [6.45, 7) is 5.08. The van der Waals surface area contributed by atoms with E-state index >= 15 is 0 Å². The maximum Gasteiger partial charge on any atom is 0.0522 e. The van der Waals surface area contributed by atoms with E-state index in [4.69, 9.17) is 4.74 Å². The SMILES string of the molecule is Cn1cc(CCNC2(C)CCOCC2)cn1. The van der Waals surface area contributed by atoms with E-state index < -0.39 is 0 Å². The van der Waals surface area contributed by atoms with E-state index in [1.165, 1.54) is 5.56 Å². The molecule has 2 rings (SSSR count). The molecule has 1 aliphatic rings. The van der Waals surface area contributed by atoms with Crippen molar-refractivity contribution in [2.75, 3.05) is 19.8 Å². The van der Waals surface area contributed by atoms with Gasteiger partial charge in [-0.05, 0) is 38.3 Å². The molecule has 0 spiro atoms. The van der Waals surface area contributed by atoms with Crippen LogP contribution < -0.4 is 5.32 Å². The zero-order chi connectivity index (χ0) is 11.4. The highest BCUT2D eigenvalue weighted by Gasteiger charge is 2.25. The third-order valence-corrected chi connectivity index (χ3v) is 3.32. The predicted molar refractivity (Wildman–Crippen MR) is 63.4 cm³/mol. The van der Waals surface area contributed by atoms with Crippen molar-refractivity contribution in [1.29, 1.82) is 0 Å². The Morgan fingerprint density at radius 1 is 1.50 bits per heavy atom. The lowest BCUT2D eigenvalue weighted by Crippen LogP contribution is -2.47. The van der Waals surface area contributed by atoms with Gasteiger partial charge in [0.15, 0.2) is 0 Å². The molecule has 4 nitrogen and oxygen atoms in total. The van der Waals surface area contributed by atoms with Crippen LogP contribution in [0.3, 0.4) is 0 Å². The molecule has 2 heterocycles. The molecule has 0 bridgehead atoms. The van der Waals surface area contributed by atoms with Gasteiger partial charge in [0.05, 0.1) is 6.20 Å². The number of aromatic nitrogens is 2. The quantitative estimate of drug-likeness (QED) is 0.831. The van der Waals surface area contributed by atoms with Crippen molar-refractivity contribution < 1.29 is 4.74 Å². The largest absolute Gasteiger partial charge is 0.381 e. The molecule has 1 aromatic rings. The molecule has 0 aromatic carbocycles. The van der Waals surface area contributed by atoms with Gasteiger partial charge in [-0.25, -0.2) is 0 Å². The van der Waals surface area contributed by atoms with Gasteiger partial charge < -0.3 is 10.1 Å². The summed E-state index contributed by atoms with van der Waals surface area (Å²) in [6, 6.07) is 0. The zero-order valence-corrected chi connectivity index (χ0v) is 10.2. The molecule has 1 N–H and O–H groups in total. The van der Waals surface area contributed by atoms with Crippen LogP contribution in [-0.4, -0.2) is 35.1 Å². The van der Waals surface area contributed by atoms with E-state index in [1.807, 2.05) is 17.9 Å². The summed E-state index contributed by atoms with van der Waals surface area (Å²) in [4.78, 5) is 0. The van der Waals surface area contributed by atoms with E-state index in [2.05, 4.69) is 23.5 Å². The minimum Gasteiger partial charge on any atom is -0.381 e. The van der Waals surface area contributed by atoms with Gasteiger partial charge in [-0.15, -0.1) is 0 Å². The van der Waals surface area contributed by atoms with Crippen molar-refractivity contribution in [2.45, 2.75) is 31.7 Å². The molecule has 1 saturated heterocycles. The van der Waals surface area contributed by atoms with Crippen molar-refractivity contribution in [3.05, 3.63) is 18.0 Å². The van der Waals surface area contributed by atoms with Gasteiger partial charge in [0.25, 0.3) is 0 Å². The van der Waals surface area contributed by atoms with E-state index in [-0.39, 0.29) is 5.54 Å². The Kier molecular flexibility index (Phi) is 3.61. The van der Waals surface area contributed by atoms with Crippen molar-refractivity contribution in [3.63, 3.8) is 0 Å². The molecule has 1 aromatic heterocycles. The molecule has 0 atom stereocenters. The van der Waals surface area contributed by atoms with Gasteiger partial charge in [-0.3, -0.25) is 4.68 Å². The highest BCUT2D eigenvalue weighted by molar-refractivity contribution is 5.04. The third kappa shape index (κ3) is 3.06. The first-order valence-corrected chi connectivity index (χ1v) is 5.98. The molecule has 0 saturated carbocycles. The van der Waals surface area contributed by atoms with Crippen LogP contribution in [0, 0.1) is 0 Å². The maximum atomic E-state index is 5.38.